The van der Waals surface area contributed by atoms with Crippen molar-refractivity contribution in [3.63, 3.8) is 0 Å². The Morgan fingerprint density at radius 1 is 1.42 bits per heavy atom. The van der Waals surface area contributed by atoms with Crippen LogP contribution in [0.2, 0.25) is 0 Å². The zero-order valence-electron chi connectivity index (χ0n) is 7.67. The third-order valence-electron chi connectivity index (χ3n) is 2.26. The topological polar surface area (TPSA) is 52.0 Å². The van der Waals surface area contributed by atoms with Crippen molar-refractivity contribution in [3.05, 3.63) is 29.3 Å². The van der Waals surface area contributed by atoms with Gasteiger partial charge in [0.15, 0.2) is 0 Å². The highest BCUT2D eigenvalue weighted by molar-refractivity contribution is 5.50. The van der Waals surface area contributed by atoms with Crippen LogP contribution in [0.15, 0.2) is 18.2 Å². The number of benzene rings is 1. The lowest BCUT2D eigenvalue weighted by Gasteiger charge is -2.13. The van der Waals surface area contributed by atoms with Gasteiger partial charge < -0.3 is 11.5 Å². The molecular formula is C10H16N2. The van der Waals surface area contributed by atoms with E-state index < -0.39 is 0 Å². The smallest absolute Gasteiger partial charge is 0.0347 e. The van der Waals surface area contributed by atoms with E-state index in [0.717, 1.165) is 23.2 Å². The third kappa shape index (κ3) is 1.59. The van der Waals surface area contributed by atoms with Crippen molar-refractivity contribution in [1.29, 1.82) is 0 Å². The van der Waals surface area contributed by atoms with E-state index >= 15 is 0 Å². The van der Waals surface area contributed by atoms with Crippen molar-refractivity contribution in [3.8, 4) is 0 Å². The van der Waals surface area contributed by atoms with E-state index in [1.165, 1.54) is 0 Å². The van der Waals surface area contributed by atoms with Gasteiger partial charge in [-0.1, -0.05) is 19.1 Å². The molecule has 0 aromatic heterocycles. The van der Waals surface area contributed by atoms with E-state index in [9.17, 15) is 0 Å². The van der Waals surface area contributed by atoms with Gasteiger partial charge in [-0.3, -0.25) is 0 Å². The zero-order valence-corrected chi connectivity index (χ0v) is 7.67. The summed E-state index contributed by atoms with van der Waals surface area (Å²) in [5, 5.41) is 0. The van der Waals surface area contributed by atoms with Gasteiger partial charge in [0, 0.05) is 11.7 Å². The molecule has 12 heavy (non-hydrogen) atoms. The highest BCUT2D eigenvalue weighted by atomic mass is 14.6. The fourth-order valence-corrected chi connectivity index (χ4v) is 1.29. The summed E-state index contributed by atoms with van der Waals surface area (Å²) in [5.74, 6) is 0. The number of nitrogens with two attached hydrogens (primary N) is 2. The molecule has 0 saturated heterocycles. The fraction of sp³-hybridized carbons (Fsp3) is 0.400. The molecule has 0 aliphatic carbocycles. The number of nitrogen functional groups attached to an aromatic ring is 1. The Morgan fingerprint density at radius 3 is 2.67 bits per heavy atom. The first-order chi connectivity index (χ1) is 5.66. The third-order valence-corrected chi connectivity index (χ3v) is 2.26. The van der Waals surface area contributed by atoms with Crippen LogP contribution in [0.3, 0.4) is 0 Å². The van der Waals surface area contributed by atoms with Crippen molar-refractivity contribution < 1.29 is 0 Å². The minimum absolute atomic E-state index is 0.119. The van der Waals surface area contributed by atoms with Crippen LogP contribution in [-0.4, -0.2) is 0 Å². The zero-order chi connectivity index (χ0) is 9.14. The Morgan fingerprint density at radius 2 is 2.08 bits per heavy atom. The van der Waals surface area contributed by atoms with Crippen molar-refractivity contribution in [2.75, 3.05) is 5.73 Å². The summed E-state index contributed by atoms with van der Waals surface area (Å²) in [6.45, 7) is 4.09. The average molecular weight is 164 g/mol. The molecule has 0 fully saturated rings. The Bertz CT molecular complexity index is 269. The highest BCUT2D eigenvalue weighted by Crippen LogP contribution is 2.22. The standard InChI is InChI=1S/C10H16N2/c1-3-9(11)8-5-4-6-10(12)7(8)2/h4-6,9H,3,11-12H2,1-2H3/t9-/m0/s1. The van der Waals surface area contributed by atoms with Crippen LogP contribution >= 0.6 is 0 Å². The summed E-state index contributed by atoms with van der Waals surface area (Å²) in [5.41, 5.74) is 14.8. The molecule has 0 aliphatic rings. The molecule has 0 saturated carbocycles. The van der Waals surface area contributed by atoms with E-state index in [2.05, 4.69) is 6.92 Å². The maximum Gasteiger partial charge on any atom is 0.0347 e. The van der Waals surface area contributed by atoms with E-state index in [-0.39, 0.29) is 6.04 Å². The SMILES string of the molecule is CC[C@H](N)c1cccc(N)c1C. The van der Waals surface area contributed by atoms with Crippen molar-refractivity contribution >= 4 is 5.69 Å². The molecule has 1 rings (SSSR count). The molecule has 0 amide bonds. The lowest BCUT2D eigenvalue weighted by atomic mass is 9.99. The van der Waals surface area contributed by atoms with Crippen LogP contribution in [0.4, 0.5) is 5.69 Å². The van der Waals surface area contributed by atoms with E-state index in [1.807, 2.05) is 25.1 Å². The van der Waals surface area contributed by atoms with E-state index in [1.54, 1.807) is 0 Å². The first kappa shape index (κ1) is 9.07. The molecule has 0 heterocycles. The average Bonchev–Trinajstić information content (AvgIpc) is 2.08. The van der Waals surface area contributed by atoms with Crippen molar-refractivity contribution in [2.45, 2.75) is 26.3 Å². The lowest BCUT2D eigenvalue weighted by molar-refractivity contribution is 0.694. The molecule has 0 spiro atoms. The van der Waals surface area contributed by atoms with Gasteiger partial charge >= 0.3 is 0 Å². The fourth-order valence-electron chi connectivity index (χ4n) is 1.29. The van der Waals surface area contributed by atoms with Crippen LogP contribution in [0.1, 0.15) is 30.5 Å². The minimum Gasteiger partial charge on any atom is -0.399 e. The van der Waals surface area contributed by atoms with Crippen LogP contribution in [0.25, 0.3) is 0 Å². The summed E-state index contributed by atoms with van der Waals surface area (Å²) in [6, 6.07) is 6.02. The van der Waals surface area contributed by atoms with E-state index in [0.29, 0.717) is 0 Å². The summed E-state index contributed by atoms with van der Waals surface area (Å²) in [6.07, 6.45) is 0.949. The molecule has 0 radical (unpaired) electrons. The molecule has 1 aromatic carbocycles. The first-order valence-corrected chi connectivity index (χ1v) is 4.27. The van der Waals surface area contributed by atoms with Gasteiger partial charge in [-0.15, -0.1) is 0 Å². The maximum absolute atomic E-state index is 5.91. The molecule has 2 heteroatoms. The van der Waals surface area contributed by atoms with Crippen molar-refractivity contribution in [1.82, 2.24) is 0 Å². The second kappa shape index (κ2) is 3.59. The lowest BCUT2D eigenvalue weighted by Crippen LogP contribution is -2.11. The Labute approximate surface area is 73.6 Å². The Balaban J connectivity index is 3.07. The molecule has 0 unspecified atom stereocenters. The van der Waals surface area contributed by atoms with Gasteiger partial charge in [-0.2, -0.15) is 0 Å². The second-order valence-corrected chi connectivity index (χ2v) is 3.08. The predicted octanol–water partition coefficient (Wildman–Crippen LogP) is 1.99. The quantitative estimate of drug-likeness (QED) is 0.657. The minimum atomic E-state index is 0.119. The summed E-state index contributed by atoms with van der Waals surface area (Å²) in [7, 11) is 0. The predicted molar refractivity (Wildman–Crippen MR) is 52.8 cm³/mol. The molecule has 2 nitrogen and oxygen atoms in total. The summed E-state index contributed by atoms with van der Waals surface area (Å²) in [4.78, 5) is 0. The number of rotatable bonds is 2. The van der Waals surface area contributed by atoms with Gasteiger partial charge in [0.05, 0.1) is 0 Å². The second-order valence-electron chi connectivity index (χ2n) is 3.08. The Kier molecular flexibility index (Phi) is 2.71. The molecule has 4 N–H and O–H groups in total. The highest BCUT2D eigenvalue weighted by Gasteiger charge is 2.07. The van der Waals surface area contributed by atoms with Gasteiger partial charge in [0.25, 0.3) is 0 Å². The maximum atomic E-state index is 5.91. The Hall–Kier alpha value is -1.02. The summed E-state index contributed by atoms with van der Waals surface area (Å²) < 4.78 is 0. The van der Waals surface area contributed by atoms with Crippen LogP contribution in [-0.2, 0) is 0 Å². The molecule has 1 atom stereocenters. The van der Waals surface area contributed by atoms with Gasteiger partial charge in [0.2, 0.25) is 0 Å². The number of anilines is 1. The first-order valence-electron chi connectivity index (χ1n) is 4.27. The van der Waals surface area contributed by atoms with Crippen LogP contribution < -0.4 is 11.5 Å². The van der Waals surface area contributed by atoms with Gasteiger partial charge in [-0.25, -0.2) is 0 Å². The van der Waals surface area contributed by atoms with Crippen LogP contribution in [0.5, 0.6) is 0 Å². The van der Waals surface area contributed by atoms with Gasteiger partial charge in [0.1, 0.15) is 0 Å². The van der Waals surface area contributed by atoms with E-state index in [4.69, 9.17) is 11.5 Å². The monoisotopic (exact) mass is 164 g/mol. The van der Waals surface area contributed by atoms with Gasteiger partial charge in [-0.05, 0) is 30.5 Å². The van der Waals surface area contributed by atoms with Crippen molar-refractivity contribution in [2.24, 2.45) is 5.73 Å². The molecule has 0 bridgehead atoms. The largest absolute Gasteiger partial charge is 0.399 e. The normalized spacial score (nSPS) is 12.9. The summed E-state index contributed by atoms with van der Waals surface area (Å²) >= 11 is 0. The van der Waals surface area contributed by atoms with Crippen LogP contribution in [0, 0.1) is 6.92 Å². The molecule has 1 aromatic rings. The number of hydrogen-bond acceptors (Lipinski definition) is 2. The molecule has 0 aliphatic heterocycles. The number of hydrogen-bond donors (Lipinski definition) is 2. The molecular weight excluding hydrogens is 148 g/mol. The molecule has 66 valence electrons.